The number of hydrogen-bond donors (Lipinski definition) is 2. The van der Waals surface area contributed by atoms with Crippen molar-refractivity contribution in [3.63, 3.8) is 0 Å². The average molecular weight is 359 g/mol. The van der Waals surface area contributed by atoms with E-state index < -0.39 is 0 Å². The van der Waals surface area contributed by atoms with Gasteiger partial charge in [-0.05, 0) is 35.9 Å². The maximum absolute atomic E-state index is 12.4. The second-order valence-corrected chi connectivity index (χ2v) is 5.64. The minimum absolute atomic E-state index is 0.226. The molecule has 1 amide bonds. The van der Waals surface area contributed by atoms with Gasteiger partial charge in [0.25, 0.3) is 5.91 Å². The SMILES string of the molecule is COc1ccc(CNc2cc(C(=O)Nc3cccc(C#N)c3)ncn2)cc1. The van der Waals surface area contributed by atoms with E-state index in [1.807, 2.05) is 30.3 Å². The number of benzene rings is 2. The van der Waals surface area contributed by atoms with Crippen LogP contribution in [0.3, 0.4) is 0 Å². The number of methoxy groups -OCH3 is 1. The average Bonchev–Trinajstić information content (AvgIpc) is 2.73. The van der Waals surface area contributed by atoms with Crippen LogP contribution in [0.5, 0.6) is 5.75 Å². The third kappa shape index (κ3) is 4.80. The zero-order valence-electron chi connectivity index (χ0n) is 14.6. The van der Waals surface area contributed by atoms with Gasteiger partial charge in [0.15, 0.2) is 0 Å². The van der Waals surface area contributed by atoms with Crippen LogP contribution >= 0.6 is 0 Å². The molecule has 3 aromatic rings. The highest BCUT2D eigenvalue weighted by molar-refractivity contribution is 6.03. The highest BCUT2D eigenvalue weighted by atomic mass is 16.5. The fourth-order valence-electron chi connectivity index (χ4n) is 2.38. The molecule has 7 nitrogen and oxygen atoms in total. The molecular formula is C20H17N5O2. The topological polar surface area (TPSA) is 99.9 Å². The Morgan fingerprint density at radius 3 is 2.70 bits per heavy atom. The number of carbonyl (C=O) groups excluding carboxylic acids is 1. The van der Waals surface area contributed by atoms with Gasteiger partial charge in [-0.25, -0.2) is 9.97 Å². The molecule has 0 radical (unpaired) electrons. The van der Waals surface area contributed by atoms with Gasteiger partial charge in [-0.3, -0.25) is 4.79 Å². The molecule has 2 aromatic carbocycles. The van der Waals surface area contributed by atoms with Gasteiger partial charge >= 0.3 is 0 Å². The summed E-state index contributed by atoms with van der Waals surface area (Å²) in [5.74, 6) is 0.956. The van der Waals surface area contributed by atoms with E-state index in [9.17, 15) is 4.79 Å². The molecule has 0 aliphatic heterocycles. The smallest absolute Gasteiger partial charge is 0.274 e. The highest BCUT2D eigenvalue weighted by Gasteiger charge is 2.09. The summed E-state index contributed by atoms with van der Waals surface area (Å²) in [6, 6.07) is 17.9. The molecule has 0 saturated heterocycles. The molecule has 0 atom stereocenters. The Labute approximate surface area is 156 Å². The summed E-state index contributed by atoms with van der Waals surface area (Å²) in [5, 5.41) is 14.8. The molecule has 0 saturated carbocycles. The van der Waals surface area contributed by atoms with Gasteiger partial charge in [0.1, 0.15) is 23.6 Å². The molecule has 0 bridgehead atoms. The summed E-state index contributed by atoms with van der Waals surface area (Å²) in [6.45, 7) is 0.548. The zero-order valence-corrected chi connectivity index (χ0v) is 14.6. The zero-order chi connectivity index (χ0) is 19.1. The number of nitrogens with zero attached hydrogens (tertiary/aromatic N) is 3. The number of amides is 1. The summed E-state index contributed by atoms with van der Waals surface area (Å²) in [6.07, 6.45) is 1.33. The first-order valence-electron chi connectivity index (χ1n) is 8.18. The van der Waals surface area contributed by atoms with Crippen molar-refractivity contribution in [2.24, 2.45) is 0 Å². The van der Waals surface area contributed by atoms with E-state index in [1.54, 1.807) is 37.4 Å². The monoisotopic (exact) mass is 359 g/mol. The molecule has 27 heavy (non-hydrogen) atoms. The number of anilines is 2. The van der Waals surface area contributed by atoms with E-state index in [0.717, 1.165) is 11.3 Å². The van der Waals surface area contributed by atoms with Crippen molar-refractivity contribution in [1.82, 2.24) is 9.97 Å². The van der Waals surface area contributed by atoms with E-state index >= 15 is 0 Å². The molecule has 7 heteroatoms. The van der Waals surface area contributed by atoms with Crippen molar-refractivity contribution in [2.45, 2.75) is 6.54 Å². The number of hydrogen-bond acceptors (Lipinski definition) is 6. The van der Waals surface area contributed by atoms with Gasteiger partial charge < -0.3 is 15.4 Å². The quantitative estimate of drug-likeness (QED) is 0.701. The Morgan fingerprint density at radius 2 is 1.96 bits per heavy atom. The van der Waals surface area contributed by atoms with Crippen molar-refractivity contribution in [2.75, 3.05) is 17.7 Å². The van der Waals surface area contributed by atoms with Crippen molar-refractivity contribution >= 4 is 17.4 Å². The maximum atomic E-state index is 12.4. The summed E-state index contributed by atoms with van der Waals surface area (Å²) in [5.41, 5.74) is 2.28. The Balaban J connectivity index is 1.65. The van der Waals surface area contributed by atoms with Crippen molar-refractivity contribution in [1.29, 1.82) is 5.26 Å². The van der Waals surface area contributed by atoms with Crippen LogP contribution in [0.2, 0.25) is 0 Å². The lowest BCUT2D eigenvalue weighted by molar-refractivity contribution is 0.102. The fraction of sp³-hybridized carbons (Fsp3) is 0.100. The third-order valence-electron chi connectivity index (χ3n) is 3.78. The summed E-state index contributed by atoms with van der Waals surface area (Å²) < 4.78 is 5.13. The Kier molecular flexibility index (Phi) is 5.60. The Bertz CT molecular complexity index is 980. The van der Waals surface area contributed by atoms with Crippen LogP contribution in [-0.4, -0.2) is 23.0 Å². The molecule has 0 spiro atoms. The first-order chi connectivity index (χ1) is 13.2. The lowest BCUT2D eigenvalue weighted by Crippen LogP contribution is -2.14. The number of ether oxygens (including phenoxy) is 1. The molecule has 0 aliphatic rings. The fourth-order valence-corrected chi connectivity index (χ4v) is 2.38. The second kappa shape index (κ2) is 8.45. The molecule has 3 rings (SSSR count). The van der Waals surface area contributed by atoms with Gasteiger partial charge in [0, 0.05) is 18.3 Å². The van der Waals surface area contributed by atoms with Gasteiger partial charge in [0.05, 0.1) is 18.7 Å². The number of aromatic nitrogens is 2. The van der Waals surface area contributed by atoms with Crippen molar-refractivity contribution < 1.29 is 9.53 Å². The third-order valence-corrected chi connectivity index (χ3v) is 3.78. The van der Waals surface area contributed by atoms with Gasteiger partial charge in [0.2, 0.25) is 0 Å². The number of nitrogens with one attached hydrogen (secondary N) is 2. The van der Waals surface area contributed by atoms with Crippen LogP contribution in [0, 0.1) is 11.3 Å². The predicted octanol–water partition coefficient (Wildman–Crippen LogP) is 3.22. The summed E-state index contributed by atoms with van der Waals surface area (Å²) in [7, 11) is 1.62. The second-order valence-electron chi connectivity index (χ2n) is 5.64. The van der Waals surface area contributed by atoms with Crippen LogP contribution < -0.4 is 15.4 Å². The van der Waals surface area contributed by atoms with E-state index in [4.69, 9.17) is 10.00 Å². The lowest BCUT2D eigenvalue weighted by atomic mass is 10.2. The van der Waals surface area contributed by atoms with Crippen LogP contribution in [0.25, 0.3) is 0 Å². The summed E-state index contributed by atoms with van der Waals surface area (Å²) >= 11 is 0. The van der Waals surface area contributed by atoms with E-state index in [2.05, 4.69) is 20.6 Å². The van der Waals surface area contributed by atoms with E-state index in [0.29, 0.717) is 23.6 Å². The molecule has 0 fully saturated rings. The van der Waals surface area contributed by atoms with Crippen LogP contribution in [0.1, 0.15) is 21.6 Å². The number of rotatable bonds is 6. The van der Waals surface area contributed by atoms with E-state index in [-0.39, 0.29) is 11.6 Å². The summed E-state index contributed by atoms with van der Waals surface area (Å²) in [4.78, 5) is 20.5. The Morgan fingerprint density at radius 1 is 1.15 bits per heavy atom. The van der Waals surface area contributed by atoms with Crippen molar-refractivity contribution in [3.8, 4) is 11.8 Å². The molecule has 1 heterocycles. The highest BCUT2D eigenvalue weighted by Crippen LogP contribution is 2.14. The standard InChI is InChI=1S/C20H17N5O2/c1-27-17-7-5-14(6-8-17)12-22-19-10-18(23-13-24-19)20(26)25-16-4-2-3-15(9-16)11-21/h2-10,13H,12H2,1H3,(H,25,26)(H,22,23,24). The van der Waals surface area contributed by atoms with Gasteiger partial charge in [-0.15, -0.1) is 0 Å². The molecule has 1 aromatic heterocycles. The first kappa shape index (κ1) is 17.9. The van der Waals surface area contributed by atoms with Crippen molar-refractivity contribution in [3.05, 3.63) is 77.7 Å². The molecule has 2 N–H and O–H groups in total. The minimum atomic E-state index is -0.375. The molecule has 0 unspecified atom stereocenters. The van der Waals surface area contributed by atoms with Crippen LogP contribution in [0.15, 0.2) is 60.9 Å². The van der Waals surface area contributed by atoms with Crippen LogP contribution in [0.4, 0.5) is 11.5 Å². The predicted molar refractivity (Wildman–Crippen MR) is 101 cm³/mol. The normalized spacial score (nSPS) is 9.93. The maximum Gasteiger partial charge on any atom is 0.274 e. The molecular weight excluding hydrogens is 342 g/mol. The van der Waals surface area contributed by atoms with Gasteiger partial charge in [-0.1, -0.05) is 18.2 Å². The minimum Gasteiger partial charge on any atom is -0.497 e. The molecule has 0 aliphatic carbocycles. The lowest BCUT2D eigenvalue weighted by Gasteiger charge is -2.08. The van der Waals surface area contributed by atoms with Gasteiger partial charge in [-0.2, -0.15) is 5.26 Å². The number of carbonyl (C=O) groups is 1. The first-order valence-corrected chi connectivity index (χ1v) is 8.18. The van der Waals surface area contributed by atoms with E-state index in [1.165, 1.54) is 6.33 Å². The molecule has 134 valence electrons. The number of nitriles is 1. The largest absolute Gasteiger partial charge is 0.497 e. The Hall–Kier alpha value is -3.92. The van der Waals surface area contributed by atoms with Crippen LogP contribution in [-0.2, 0) is 6.54 Å².